The number of carbonyl (C=O) groups excluding carboxylic acids is 1. The average Bonchev–Trinajstić information content (AvgIpc) is 3.07. The van der Waals surface area contributed by atoms with E-state index in [1.807, 2.05) is 0 Å². The van der Waals surface area contributed by atoms with Crippen LogP contribution in [0.4, 0.5) is 18.0 Å². The molecular weight excluding hydrogens is 345 g/mol. The molecule has 7 nitrogen and oxygen atoms in total. The Hall–Kier alpha value is -1.91. The van der Waals surface area contributed by atoms with Crippen LogP contribution in [-0.4, -0.2) is 38.4 Å². The number of amides is 2. The van der Waals surface area contributed by atoms with Crippen molar-refractivity contribution in [3.05, 3.63) is 10.8 Å². The molecule has 2 aromatic heterocycles. The van der Waals surface area contributed by atoms with Crippen LogP contribution in [-0.2, 0) is 12.6 Å². The summed E-state index contributed by atoms with van der Waals surface area (Å²) in [7, 11) is 0. The molecule has 0 spiro atoms. The van der Waals surface area contributed by atoms with Gasteiger partial charge in [0.1, 0.15) is 5.01 Å². The van der Waals surface area contributed by atoms with Crippen LogP contribution in [0.15, 0.2) is 0 Å². The third kappa shape index (κ3) is 3.94. The fourth-order valence-electron chi connectivity index (χ4n) is 2.70. The highest BCUT2D eigenvalue weighted by molar-refractivity contribution is 7.16. The number of aromatic nitrogens is 4. The molecular formula is C13H17F3N6OS. The second-order valence-corrected chi connectivity index (χ2v) is 6.74. The van der Waals surface area contributed by atoms with Crippen LogP contribution >= 0.6 is 11.3 Å². The van der Waals surface area contributed by atoms with Gasteiger partial charge in [0.15, 0.2) is 0 Å². The molecule has 0 aliphatic heterocycles. The second kappa shape index (κ2) is 6.91. The summed E-state index contributed by atoms with van der Waals surface area (Å²) in [6.45, 7) is 0.296. The zero-order chi connectivity index (χ0) is 17.2. The number of hydrogen-bond acceptors (Lipinski definition) is 5. The highest BCUT2D eigenvalue weighted by Crippen LogP contribution is 2.28. The molecule has 1 fully saturated rings. The normalized spacial score (nSPS) is 16.5. The van der Waals surface area contributed by atoms with Gasteiger partial charge in [-0.15, -0.1) is 10.2 Å². The van der Waals surface area contributed by atoms with Crippen molar-refractivity contribution in [3.8, 4) is 0 Å². The van der Waals surface area contributed by atoms with Crippen molar-refractivity contribution in [1.29, 1.82) is 0 Å². The van der Waals surface area contributed by atoms with Crippen LogP contribution < -0.4 is 10.6 Å². The molecule has 1 saturated carbocycles. The minimum Gasteiger partial charge on any atom is -0.338 e. The summed E-state index contributed by atoms with van der Waals surface area (Å²) in [5.74, 6) is -1.14. The van der Waals surface area contributed by atoms with Crippen LogP contribution in [0.3, 0.4) is 0 Å². The number of halogens is 3. The first-order valence-electron chi connectivity index (χ1n) is 7.76. The average molecular weight is 362 g/mol. The van der Waals surface area contributed by atoms with Gasteiger partial charge in [0.25, 0.3) is 5.82 Å². The van der Waals surface area contributed by atoms with E-state index in [9.17, 15) is 18.0 Å². The fourth-order valence-corrected chi connectivity index (χ4v) is 3.53. The number of urea groups is 1. The Morgan fingerprint density at radius 1 is 1.25 bits per heavy atom. The van der Waals surface area contributed by atoms with Crippen LogP contribution in [0.25, 0.3) is 4.96 Å². The van der Waals surface area contributed by atoms with Gasteiger partial charge in [-0.3, -0.25) is 0 Å². The van der Waals surface area contributed by atoms with Crippen molar-refractivity contribution < 1.29 is 18.0 Å². The van der Waals surface area contributed by atoms with Gasteiger partial charge in [0.2, 0.25) is 4.96 Å². The Labute approximate surface area is 139 Å². The third-order valence-electron chi connectivity index (χ3n) is 3.85. The number of rotatable bonds is 4. The van der Waals surface area contributed by atoms with Crippen molar-refractivity contribution in [2.45, 2.75) is 50.7 Å². The Kier molecular flexibility index (Phi) is 4.88. The van der Waals surface area contributed by atoms with Gasteiger partial charge in [-0.1, -0.05) is 30.6 Å². The van der Waals surface area contributed by atoms with Gasteiger partial charge in [-0.05, 0) is 12.8 Å². The summed E-state index contributed by atoms with van der Waals surface area (Å²) in [4.78, 5) is 11.9. The van der Waals surface area contributed by atoms with Gasteiger partial charge in [-0.2, -0.15) is 22.8 Å². The molecule has 0 saturated heterocycles. The van der Waals surface area contributed by atoms with E-state index < -0.39 is 12.0 Å². The molecule has 0 unspecified atom stereocenters. The zero-order valence-electron chi connectivity index (χ0n) is 12.8. The number of fused-ring (bicyclic) bond motifs is 1. The minimum absolute atomic E-state index is 0.0870. The molecule has 1 aliphatic rings. The first kappa shape index (κ1) is 16.9. The molecule has 1 aliphatic carbocycles. The Morgan fingerprint density at radius 3 is 2.71 bits per heavy atom. The summed E-state index contributed by atoms with van der Waals surface area (Å²) in [5, 5.41) is 16.5. The first-order valence-corrected chi connectivity index (χ1v) is 8.58. The number of nitrogens with one attached hydrogen (secondary N) is 2. The van der Waals surface area contributed by atoms with Crippen LogP contribution in [0.2, 0.25) is 0 Å². The molecule has 2 aromatic rings. The van der Waals surface area contributed by atoms with Crippen molar-refractivity contribution in [3.63, 3.8) is 0 Å². The van der Waals surface area contributed by atoms with E-state index in [-0.39, 0.29) is 17.0 Å². The first-order chi connectivity index (χ1) is 11.4. The van der Waals surface area contributed by atoms with Crippen molar-refractivity contribution >= 4 is 22.3 Å². The Morgan fingerprint density at radius 2 is 2.00 bits per heavy atom. The van der Waals surface area contributed by atoms with Crippen molar-refractivity contribution in [1.82, 2.24) is 30.4 Å². The van der Waals surface area contributed by atoms with E-state index >= 15 is 0 Å². The van der Waals surface area contributed by atoms with Crippen molar-refractivity contribution in [2.75, 3.05) is 6.54 Å². The van der Waals surface area contributed by atoms with Gasteiger partial charge >= 0.3 is 12.2 Å². The van der Waals surface area contributed by atoms with Crippen molar-refractivity contribution in [2.24, 2.45) is 0 Å². The van der Waals surface area contributed by atoms with E-state index in [0.717, 1.165) is 37.0 Å². The van der Waals surface area contributed by atoms with Crippen LogP contribution in [0.1, 0.15) is 42.9 Å². The second-order valence-electron chi connectivity index (χ2n) is 5.70. The molecule has 2 heterocycles. The Bertz CT molecular complexity index is 706. The lowest BCUT2D eigenvalue weighted by atomic mass is 9.96. The van der Waals surface area contributed by atoms with Gasteiger partial charge in [-0.25, -0.2) is 4.79 Å². The summed E-state index contributed by atoms with van der Waals surface area (Å²) in [6.07, 6.45) is 1.18. The predicted octanol–water partition coefficient (Wildman–Crippen LogP) is 2.38. The molecule has 0 atom stereocenters. The Balaban J connectivity index is 1.50. The van der Waals surface area contributed by atoms with E-state index in [2.05, 4.69) is 25.9 Å². The van der Waals surface area contributed by atoms with Crippen LogP contribution in [0.5, 0.6) is 0 Å². The quantitative estimate of drug-likeness (QED) is 0.875. The standard InChI is InChI=1S/C13H17F3N6OS/c14-13(15,16)10-19-20-12-22(10)21-9(24-12)6-7-17-11(23)18-8-4-2-1-3-5-8/h8H,1-7H2,(H2,17,18,23). The molecule has 3 rings (SSSR count). The minimum atomic E-state index is -4.59. The highest BCUT2D eigenvalue weighted by Gasteiger charge is 2.38. The van der Waals surface area contributed by atoms with Gasteiger partial charge in [0.05, 0.1) is 0 Å². The van der Waals surface area contributed by atoms with E-state index in [0.29, 0.717) is 22.5 Å². The zero-order valence-corrected chi connectivity index (χ0v) is 13.6. The number of hydrogen-bond donors (Lipinski definition) is 2. The molecule has 2 amide bonds. The van der Waals surface area contributed by atoms with Gasteiger partial charge < -0.3 is 10.6 Å². The molecule has 11 heteroatoms. The molecule has 0 radical (unpaired) electrons. The smallest absolute Gasteiger partial charge is 0.338 e. The lowest BCUT2D eigenvalue weighted by molar-refractivity contribution is -0.146. The lowest BCUT2D eigenvalue weighted by Crippen LogP contribution is -2.43. The van der Waals surface area contributed by atoms with E-state index in [1.165, 1.54) is 6.42 Å². The highest BCUT2D eigenvalue weighted by atomic mass is 32.1. The summed E-state index contributed by atoms with van der Waals surface area (Å²) in [5.41, 5.74) is 0. The molecule has 132 valence electrons. The predicted molar refractivity (Wildman–Crippen MR) is 80.8 cm³/mol. The largest absolute Gasteiger partial charge is 0.453 e. The monoisotopic (exact) mass is 362 g/mol. The number of carbonyl (C=O) groups is 1. The third-order valence-corrected chi connectivity index (χ3v) is 4.81. The SMILES string of the molecule is O=C(NCCc1nn2c(C(F)(F)F)nnc2s1)NC1CCCCC1. The summed E-state index contributed by atoms with van der Waals surface area (Å²) >= 11 is 1.03. The molecule has 0 bridgehead atoms. The molecule has 24 heavy (non-hydrogen) atoms. The van der Waals surface area contributed by atoms with Gasteiger partial charge in [0, 0.05) is 19.0 Å². The maximum absolute atomic E-state index is 12.7. The molecule has 2 N–H and O–H groups in total. The topological polar surface area (TPSA) is 84.2 Å². The van der Waals surface area contributed by atoms with E-state index in [1.54, 1.807) is 0 Å². The summed E-state index contributed by atoms with van der Waals surface area (Å²) in [6, 6.07) is -0.0387. The number of nitrogens with zero attached hydrogens (tertiary/aromatic N) is 4. The maximum Gasteiger partial charge on any atom is 0.453 e. The van der Waals surface area contributed by atoms with E-state index in [4.69, 9.17) is 0 Å². The summed E-state index contributed by atoms with van der Waals surface area (Å²) < 4.78 is 38.8. The maximum atomic E-state index is 12.7. The molecule has 0 aromatic carbocycles. The lowest BCUT2D eigenvalue weighted by Gasteiger charge is -2.22. The number of alkyl halides is 3. The van der Waals surface area contributed by atoms with Crippen LogP contribution in [0, 0.1) is 0 Å². The fraction of sp³-hybridized carbons (Fsp3) is 0.692.